The van der Waals surface area contributed by atoms with E-state index in [4.69, 9.17) is 11.6 Å². The van der Waals surface area contributed by atoms with Crippen molar-refractivity contribution in [3.63, 3.8) is 0 Å². The molecule has 4 rings (SSSR count). The number of rotatable bonds is 2. The second-order valence-corrected chi connectivity index (χ2v) is 7.16. The Hall–Kier alpha value is -1.91. The SMILES string of the molecule is CC1(C)c2cc(Cl)ccc2C(=O)N1c1cncc(C2CNC2)c1. The van der Waals surface area contributed by atoms with E-state index in [9.17, 15) is 4.79 Å². The van der Waals surface area contributed by atoms with Crippen LogP contribution in [0.5, 0.6) is 0 Å². The first-order chi connectivity index (χ1) is 11.0. The van der Waals surface area contributed by atoms with Crippen LogP contribution in [0.15, 0.2) is 36.7 Å². The highest BCUT2D eigenvalue weighted by atomic mass is 35.5. The Kier molecular flexibility index (Phi) is 3.22. The lowest BCUT2D eigenvalue weighted by Crippen LogP contribution is -2.41. The Morgan fingerprint density at radius 2 is 2.04 bits per heavy atom. The molecular formula is C18H18ClN3O. The molecule has 0 saturated carbocycles. The summed E-state index contributed by atoms with van der Waals surface area (Å²) >= 11 is 6.14. The molecule has 0 bridgehead atoms. The number of hydrogen-bond donors (Lipinski definition) is 1. The lowest BCUT2D eigenvalue weighted by atomic mass is 9.92. The first-order valence-electron chi connectivity index (χ1n) is 7.79. The first kappa shape index (κ1) is 14.7. The van der Waals surface area contributed by atoms with Gasteiger partial charge in [0.2, 0.25) is 0 Å². The summed E-state index contributed by atoms with van der Waals surface area (Å²) in [6, 6.07) is 7.56. The molecule has 0 unspecified atom stereocenters. The zero-order chi connectivity index (χ0) is 16.2. The standard InChI is InChI=1S/C18H18ClN3O/c1-18(2)16-6-13(19)3-4-15(16)17(23)22(18)14-5-11(7-21-10-14)12-8-20-9-12/h3-7,10,12,20H,8-9H2,1-2H3. The summed E-state index contributed by atoms with van der Waals surface area (Å²) in [6.07, 6.45) is 3.66. The van der Waals surface area contributed by atoms with Gasteiger partial charge in [-0.05, 0) is 49.2 Å². The van der Waals surface area contributed by atoms with E-state index in [1.807, 2.05) is 37.1 Å². The number of nitrogens with zero attached hydrogens (tertiary/aromatic N) is 2. The van der Waals surface area contributed by atoms with Crippen molar-refractivity contribution < 1.29 is 4.79 Å². The van der Waals surface area contributed by atoms with Crippen LogP contribution in [0, 0.1) is 0 Å². The van der Waals surface area contributed by atoms with Crippen LogP contribution >= 0.6 is 11.6 Å². The van der Waals surface area contributed by atoms with Crippen molar-refractivity contribution in [2.24, 2.45) is 0 Å². The molecular weight excluding hydrogens is 310 g/mol. The minimum atomic E-state index is -0.449. The zero-order valence-corrected chi connectivity index (χ0v) is 13.9. The number of halogens is 1. The molecule has 1 saturated heterocycles. The Balaban J connectivity index is 1.79. The Labute approximate surface area is 140 Å². The van der Waals surface area contributed by atoms with Gasteiger partial charge in [-0.1, -0.05) is 11.6 Å². The number of fused-ring (bicyclic) bond motifs is 1. The van der Waals surface area contributed by atoms with Crippen molar-refractivity contribution in [3.8, 4) is 0 Å². The highest BCUT2D eigenvalue weighted by Gasteiger charge is 2.44. The van der Waals surface area contributed by atoms with E-state index in [1.165, 1.54) is 5.56 Å². The van der Waals surface area contributed by atoms with E-state index >= 15 is 0 Å². The molecule has 1 amide bonds. The van der Waals surface area contributed by atoms with E-state index in [0.29, 0.717) is 10.9 Å². The van der Waals surface area contributed by atoms with Gasteiger partial charge in [0.1, 0.15) is 0 Å². The topological polar surface area (TPSA) is 45.2 Å². The van der Waals surface area contributed by atoms with Gasteiger partial charge in [-0.25, -0.2) is 0 Å². The molecule has 23 heavy (non-hydrogen) atoms. The highest BCUT2D eigenvalue weighted by molar-refractivity contribution is 6.31. The van der Waals surface area contributed by atoms with E-state index < -0.39 is 5.54 Å². The molecule has 0 atom stereocenters. The lowest BCUT2D eigenvalue weighted by molar-refractivity contribution is 0.0982. The highest BCUT2D eigenvalue weighted by Crippen LogP contribution is 2.43. The van der Waals surface area contributed by atoms with E-state index in [-0.39, 0.29) is 5.91 Å². The van der Waals surface area contributed by atoms with Crippen molar-refractivity contribution >= 4 is 23.2 Å². The third-order valence-corrected chi connectivity index (χ3v) is 5.12. The quantitative estimate of drug-likeness (QED) is 0.920. The number of pyridine rings is 1. The summed E-state index contributed by atoms with van der Waals surface area (Å²) in [7, 11) is 0. The van der Waals surface area contributed by atoms with Crippen molar-refractivity contribution in [1.29, 1.82) is 0 Å². The molecule has 0 spiro atoms. The Morgan fingerprint density at radius 3 is 2.74 bits per heavy atom. The van der Waals surface area contributed by atoms with Gasteiger partial charge in [0, 0.05) is 35.8 Å². The molecule has 3 heterocycles. The number of carbonyl (C=O) groups is 1. The Bertz CT molecular complexity index is 799. The number of anilines is 1. The van der Waals surface area contributed by atoms with Crippen LogP contribution in [0.4, 0.5) is 5.69 Å². The van der Waals surface area contributed by atoms with Crippen molar-refractivity contribution in [3.05, 3.63) is 58.4 Å². The van der Waals surface area contributed by atoms with Gasteiger partial charge in [0.05, 0.1) is 17.4 Å². The average molecular weight is 328 g/mol. The van der Waals surface area contributed by atoms with Crippen LogP contribution in [0.1, 0.15) is 41.3 Å². The van der Waals surface area contributed by atoms with Crippen LogP contribution in [-0.4, -0.2) is 24.0 Å². The third-order valence-electron chi connectivity index (χ3n) is 4.89. The largest absolute Gasteiger partial charge is 0.315 e. The van der Waals surface area contributed by atoms with Gasteiger partial charge in [0.15, 0.2) is 0 Å². The van der Waals surface area contributed by atoms with E-state index in [2.05, 4.69) is 16.4 Å². The minimum Gasteiger partial charge on any atom is -0.315 e. The van der Waals surface area contributed by atoms with Gasteiger partial charge in [0.25, 0.3) is 5.91 Å². The van der Waals surface area contributed by atoms with Gasteiger partial charge in [-0.15, -0.1) is 0 Å². The van der Waals surface area contributed by atoms with Crippen LogP contribution in [0.25, 0.3) is 0 Å². The number of benzene rings is 1. The van der Waals surface area contributed by atoms with Crippen molar-refractivity contribution in [2.75, 3.05) is 18.0 Å². The molecule has 1 aromatic heterocycles. The maximum Gasteiger partial charge on any atom is 0.259 e. The molecule has 0 radical (unpaired) electrons. The molecule has 1 aromatic carbocycles. The van der Waals surface area contributed by atoms with Gasteiger partial charge >= 0.3 is 0 Å². The average Bonchev–Trinajstić information content (AvgIpc) is 2.64. The number of amides is 1. The van der Waals surface area contributed by atoms with E-state index in [0.717, 1.165) is 29.9 Å². The number of nitrogens with one attached hydrogen (secondary N) is 1. The van der Waals surface area contributed by atoms with Gasteiger partial charge < -0.3 is 5.32 Å². The predicted molar refractivity (Wildman–Crippen MR) is 91.1 cm³/mol. The predicted octanol–water partition coefficient (Wildman–Crippen LogP) is 3.32. The maximum atomic E-state index is 12.9. The molecule has 2 aliphatic rings. The summed E-state index contributed by atoms with van der Waals surface area (Å²) in [6.45, 7) is 6.03. The monoisotopic (exact) mass is 327 g/mol. The third kappa shape index (κ3) is 2.17. The van der Waals surface area contributed by atoms with Crippen LogP contribution < -0.4 is 10.2 Å². The molecule has 2 aromatic rings. The van der Waals surface area contributed by atoms with Crippen LogP contribution in [0.3, 0.4) is 0 Å². The fourth-order valence-corrected chi connectivity index (χ4v) is 3.63. The molecule has 2 aliphatic heterocycles. The smallest absolute Gasteiger partial charge is 0.259 e. The van der Waals surface area contributed by atoms with Crippen LogP contribution in [-0.2, 0) is 5.54 Å². The van der Waals surface area contributed by atoms with E-state index in [1.54, 1.807) is 12.3 Å². The van der Waals surface area contributed by atoms with Gasteiger partial charge in [-0.2, -0.15) is 0 Å². The molecule has 118 valence electrons. The second-order valence-electron chi connectivity index (χ2n) is 6.72. The first-order valence-corrected chi connectivity index (χ1v) is 8.16. The Morgan fingerprint density at radius 1 is 1.26 bits per heavy atom. The fraction of sp³-hybridized carbons (Fsp3) is 0.333. The number of aromatic nitrogens is 1. The lowest BCUT2D eigenvalue weighted by Gasteiger charge is -2.33. The molecule has 5 heteroatoms. The maximum absolute atomic E-state index is 12.9. The number of carbonyl (C=O) groups excluding carboxylic acids is 1. The summed E-state index contributed by atoms with van der Waals surface area (Å²) in [4.78, 5) is 19.1. The van der Waals surface area contributed by atoms with Crippen LogP contribution in [0.2, 0.25) is 5.02 Å². The van der Waals surface area contributed by atoms with Crippen molar-refractivity contribution in [1.82, 2.24) is 10.3 Å². The normalized spacial score (nSPS) is 19.6. The minimum absolute atomic E-state index is 0.00681. The number of hydrogen-bond acceptors (Lipinski definition) is 3. The van der Waals surface area contributed by atoms with Crippen molar-refractivity contribution in [2.45, 2.75) is 25.3 Å². The fourth-order valence-electron chi connectivity index (χ4n) is 3.46. The second kappa shape index (κ2) is 5.05. The zero-order valence-electron chi connectivity index (χ0n) is 13.1. The summed E-state index contributed by atoms with van der Waals surface area (Å²) in [5, 5.41) is 3.92. The molecule has 0 aliphatic carbocycles. The summed E-state index contributed by atoms with van der Waals surface area (Å²) in [5.41, 5.74) is 3.26. The molecule has 1 N–H and O–H groups in total. The summed E-state index contributed by atoms with van der Waals surface area (Å²) < 4.78 is 0. The molecule has 4 nitrogen and oxygen atoms in total. The van der Waals surface area contributed by atoms with Gasteiger partial charge in [-0.3, -0.25) is 14.7 Å². The molecule has 1 fully saturated rings. The summed E-state index contributed by atoms with van der Waals surface area (Å²) in [5.74, 6) is 0.493.